The lowest BCUT2D eigenvalue weighted by atomic mass is 10.2. The zero-order valence-corrected chi connectivity index (χ0v) is 17.3. The van der Waals surface area contributed by atoms with Gasteiger partial charge in [0.25, 0.3) is 0 Å². The zero-order chi connectivity index (χ0) is 20.8. The van der Waals surface area contributed by atoms with Crippen LogP contribution in [0.5, 0.6) is 5.06 Å². The first kappa shape index (κ1) is 20.7. The monoisotopic (exact) mass is 435 g/mol. The van der Waals surface area contributed by atoms with Gasteiger partial charge in [-0.2, -0.15) is 0 Å². The molecule has 29 heavy (non-hydrogen) atoms. The summed E-state index contributed by atoms with van der Waals surface area (Å²) in [5.74, 6) is -0.359. The van der Waals surface area contributed by atoms with Crippen molar-refractivity contribution >= 4 is 39.9 Å². The third kappa shape index (κ3) is 5.96. The molecule has 8 nitrogen and oxygen atoms in total. The molecule has 11 heteroatoms. The van der Waals surface area contributed by atoms with Crippen molar-refractivity contribution in [3.63, 3.8) is 0 Å². The van der Waals surface area contributed by atoms with E-state index in [-0.39, 0.29) is 18.9 Å². The number of carbonyl (C=O) groups is 2. The molecule has 2 aromatic heterocycles. The van der Waals surface area contributed by atoms with Crippen LogP contribution in [-0.2, 0) is 13.1 Å². The van der Waals surface area contributed by atoms with Crippen LogP contribution in [0.1, 0.15) is 17.0 Å². The van der Waals surface area contributed by atoms with Crippen molar-refractivity contribution in [3.05, 3.63) is 57.9 Å². The second-order valence-electron chi connectivity index (χ2n) is 6.03. The fourth-order valence-electron chi connectivity index (χ4n) is 2.26. The molecule has 0 unspecified atom stereocenters. The number of nitrogens with zero attached hydrogens (tertiary/aromatic N) is 3. The average molecular weight is 436 g/mol. The minimum atomic E-state index is -0.521. The quantitative estimate of drug-likeness (QED) is 0.610. The Morgan fingerprint density at radius 3 is 2.86 bits per heavy atom. The van der Waals surface area contributed by atoms with Crippen LogP contribution in [0.2, 0.25) is 0 Å². The van der Waals surface area contributed by atoms with Gasteiger partial charge in [0.15, 0.2) is 5.13 Å². The fourth-order valence-corrected chi connectivity index (χ4v) is 3.61. The second kappa shape index (κ2) is 9.43. The number of anilines is 1. The Kier molecular flexibility index (Phi) is 6.73. The molecule has 3 rings (SSSR count). The number of rotatable bonds is 6. The first-order valence-electron chi connectivity index (χ1n) is 8.47. The van der Waals surface area contributed by atoms with E-state index in [9.17, 15) is 14.0 Å². The molecule has 0 aliphatic heterocycles. The number of aryl methyl sites for hydroxylation is 1. The molecular weight excluding hydrogens is 417 g/mol. The predicted octanol–water partition coefficient (Wildman–Crippen LogP) is 4.00. The zero-order valence-electron chi connectivity index (χ0n) is 15.6. The Hall–Kier alpha value is -3.05. The summed E-state index contributed by atoms with van der Waals surface area (Å²) in [5, 5.41) is 7.83. The Bertz CT molecular complexity index is 1010. The molecule has 2 heterocycles. The van der Waals surface area contributed by atoms with Crippen LogP contribution < -0.4 is 15.4 Å². The van der Waals surface area contributed by atoms with Crippen LogP contribution in [-0.4, -0.2) is 34.0 Å². The summed E-state index contributed by atoms with van der Waals surface area (Å²) >= 11 is 2.48. The molecule has 0 saturated heterocycles. The maximum atomic E-state index is 13.2. The Balaban J connectivity index is 1.47. The first-order valence-corrected chi connectivity index (χ1v) is 10.2. The number of benzene rings is 1. The summed E-state index contributed by atoms with van der Waals surface area (Å²) in [4.78, 5) is 33.8. The minimum absolute atomic E-state index is 0.188. The van der Waals surface area contributed by atoms with Crippen molar-refractivity contribution in [2.75, 3.05) is 12.4 Å². The van der Waals surface area contributed by atoms with Crippen LogP contribution in [0.15, 0.2) is 35.2 Å². The average Bonchev–Trinajstić information content (AvgIpc) is 3.29. The predicted molar refractivity (Wildman–Crippen MR) is 109 cm³/mol. The van der Waals surface area contributed by atoms with Crippen LogP contribution >= 0.6 is 22.7 Å². The maximum Gasteiger partial charge on any atom is 0.416 e. The van der Waals surface area contributed by atoms with Crippen LogP contribution in [0.4, 0.5) is 19.1 Å². The molecule has 2 N–H and O–H groups in total. The largest absolute Gasteiger partial charge is 0.416 e. The Labute approximate surface area is 174 Å². The number of carbonyl (C=O) groups excluding carboxylic acids is 2. The molecule has 1 aromatic carbocycles. The van der Waals surface area contributed by atoms with Gasteiger partial charge in [-0.15, -0.1) is 11.3 Å². The first-order chi connectivity index (χ1) is 13.9. The Morgan fingerprint density at radius 1 is 1.31 bits per heavy atom. The highest BCUT2D eigenvalue weighted by Crippen LogP contribution is 2.23. The summed E-state index contributed by atoms with van der Waals surface area (Å²) in [6.07, 6.45) is -0.521. The van der Waals surface area contributed by atoms with E-state index in [1.54, 1.807) is 37.0 Å². The lowest BCUT2D eigenvalue weighted by molar-refractivity contribution is 0.161. The van der Waals surface area contributed by atoms with E-state index >= 15 is 0 Å². The van der Waals surface area contributed by atoms with E-state index < -0.39 is 12.1 Å². The molecule has 0 fully saturated rings. The molecule has 0 spiro atoms. The van der Waals surface area contributed by atoms with E-state index in [0.717, 1.165) is 0 Å². The van der Waals surface area contributed by atoms with Crippen molar-refractivity contribution < 1.29 is 18.7 Å². The van der Waals surface area contributed by atoms with Gasteiger partial charge < -0.3 is 15.0 Å². The summed E-state index contributed by atoms with van der Waals surface area (Å²) in [6.45, 7) is 2.17. The van der Waals surface area contributed by atoms with Gasteiger partial charge in [-0.1, -0.05) is 23.5 Å². The fraction of sp³-hybridized carbons (Fsp3) is 0.222. The van der Waals surface area contributed by atoms with Crippen molar-refractivity contribution in [2.45, 2.75) is 20.0 Å². The number of aromatic nitrogens is 2. The van der Waals surface area contributed by atoms with Gasteiger partial charge in [-0.3, -0.25) is 5.32 Å². The SMILES string of the molecule is Cc1ncsc1OC(=O)N(C)Cc1csc(NC(=O)NCc2cccc(F)c2)n1. The van der Waals surface area contributed by atoms with Crippen LogP contribution in [0.25, 0.3) is 0 Å². The van der Waals surface area contributed by atoms with Crippen molar-refractivity contribution in [2.24, 2.45) is 0 Å². The van der Waals surface area contributed by atoms with E-state index in [1.165, 1.54) is 39.7 Å². The molecular formula is C18H18FN5O3S2. The molecule has 0 aliphatic rings. The van der Waals surface area contributed by atoms with Gasteiger partial charge in [0.2, 0.25) is 5.06 Å². The number of amides is 3. The van der Waals surface area contributed by atoms with Gasteiger partial charge in [-0.05, 0) is 24.6 Å². The highest BCUT2D eigenvalue weighted by molar-refractivity contribution is 7.14. The molecule has 3 aromatic rings. The summed E-state index contributed by atoms with van der Waals surface area (Å²) in [6, 6.07) is 5.53. The molecule has 0 atom stereocenters. The third-order valence-electron chi connectivity index (χ3n) is 3.71. The minimum Gasteiger partial charge on any atom is -0.397 e. The van der Waals surface area contributed by atoms with E-state index in [4.69, 9.17) is 4.74 Å². The third-order valence-corrected chi connectivity index (χ3v) is 5.32. The van der Waals surface area contributed by atoms with Crippen LogP contribution in [0, 0.1) is 12.7 Å². The number of hydrogen-bond acceptors (Lipinski definition) is 7. The van der Waals surface area contributed by atoms with Gasteiger partial charge >= 0.3 is 12.1 Å². The number of nitrogens with one attached hydrogen (secondary N) is 2. The molecule has 152 valence electrons. The smallest absolute Gasteiger partial charge is 0.397 e. The van der Waals surface area contributed by atoms with Gasteiger partial charge in [0.1, 0.15) is 5.82 Å². The second-order valence-corrected chi connectivity index (χ2v) is 7.71. The van der Waals surface area contributed by atoms with E-state index in [1.807, 2.05) is 0 Å². The highest BCUT2D eigenvalue weighted by Gasteiger charge is 2.16. The molecule has 0 aliphatic carbocycles. The number of hydrogen-bond donors (Lipinski definition) is 2. The summed E-state index contributed by atoms with van der Waals surface area (Å²) in [5.41, 5.74) is 3.52. The van der Waals surface area contributed by atoms with E-state index in [2.05, 4.69) is 20.6 Å². The number of halogens is 1. The van der Waals surface area contributed by atoms with Gasteiger partial charge in [0, 0.05) is 19.0 Å². The van der Waals surface area contributed by atoms with E-state index in [0.29, 0.717) is 27.1 Å². The molecule has 0 saturated carbocycles. The number of ether oxygens (including phenoxy) is 1. The number of urea groups is 1. The molecule has 0 radical (unpaired) electrons. The molecule has 3 amide bonds. The van der Waals surface area contributed by atoms with Gasteiger partial charge in [-0.25, -0.2) is 23.9 Å². The number of thiazole rings is 2. The highest BCUT2D eigenvalue weighted by atomic mass is 32.1. The van der Waals surface area contributed by atoms with Crippen molar-refractivity contribution in [1.82, 2.24) is 20.2 Å². The lowest BCUT2D eigenvalue weighted by Gasteiger charge is -2.14. The topological polar surface area (TPSA) is 96.5 Å². The maximum absolute atomic E-state index is 13.2. The normalized spacial score (nSPS) is 10.4. The Morgan fingerprint density at radius 2 is 2.14 bits per heavy atom. The van der Waals surface area contributed by atoms with Gasteiger partial charge in [0.05, 0.1) is 23.4 Å². The van der Waals surface area contributed by atoms with Crippen LogP contribution in [0.3, 0.4) is 0 Å². The molecule has 0 bridgehead atoms. The standard InChI is InChI=1S/C18H18FN5O3S2/c1-11-15(29-10-21-11)27-18(26)24(2)8-14-9-28-17(22-14)23-16(25)20-7-12-4-3-5-13(19)6-12/h3-6,9-10H,7-8H2,1-2H3,(H2,20,22,23,25). The lowest BCUT2D eigenvalue weighted by Crippen LogP contribution is -2.29. The van der Waals surface area contributed by atoms with Crippen molar-refractivity contribution in [1.29, 1.82) is 0 Å². The summed E-state index contributed by atoms with van der Waals surface area (Å²) in [7, 11) is 1.59. The summed E-state index contributed by atoms with van der Waals surface area (Å²) < 4.78 is 18.4. The van der Waals surface area contributed by atoms with Crippen molar-refractivity contribution in [3.8, 4) is 5.06 Å².